The molecule has 5 rings (SSSR count). The highest BCUT2D eigenvalue weighted by Gasteiger charge is 2.55. The number of nitrogens with two attached hydrogens (primary N) is 1. The normalized spacial score (nSPS) is 40.0. The standard InChI is InChI=1S/C13H17N3O2S/c14-12-16-15-10(19-12)6-18-13-3-7-1-8(4-13)11(17)9(2-7)5-13/h7-9H,1-6H2,(H2,14,16). The second-order valence-corrected chi connectivity index (χ2v) is 7.35. The van der Waals surface area contributed by atoms with Crippen molar-refractivity contribution in [2.75, 3.05) is 5.73 Å². The summed E-state index contributed by atoms with van der Waals surface area (Å²) in [6.07, 6.45) is 5.11. The predicted molar refractivity (Wildman–Crippen MR) is 70.4 cm³/mol. The summed E-state index contributed by atoms with van der Waals surface area (Å²) < 4.78 is 6.19. The van der Waals surface area contributed by atoms with Gasteiger partial charge >= 0.3 is 0 Å². The molecular weight excluding hydrogens is 262 g/mol. The molecule has 6 heteroatoms. The summed E-state index contributed by atoms with van der Waals surface area (Å²) in [5.41, 5.74) is 5.50. The van der Waals surface area contributed by atoms with Crippen LogP contribution in [0.4, 0.5) is 5.13 Å². The van der Waals surface area contributed by atoms with Gasteiger partial charge in [0.15, 0.2) is 0 Å². The Bertz CT molecular complexity index is 512. The highest BCUT2D eigenvalue weighted by molar-refractivity contribution is 7.15. The summed E-state index contributed by atoms with van der Waals surface area (Å²) in [5.74, 6) is 1.70. The highest BCUT2D eigenvalue weighted by atomic mass is 32.1. The molecule has 0 amide bonds. The van der Waals surface area contributed by atoms with Gasteiger partial charge in [-0.2, -0.15) is 0 Å². The number of aromatic nitrogens is 2. The van der Waals surface area contributed by atoms with Crippen LogP contribution in [0, 0.1) is 17.8 Å². The SMILES string of the molecule is Nc1nnc(COC23CC4CC(C2)C(=O)C(C4)C3)s1. The van der Waals surface area contributed by atoms with E-state index < -0.39 is 0 Å². The topological polar surface area (TPSA) is 78.1 Å². The Labute approximate surface area is 115 Å². The predicted octanol–water partition coefficient (Wildman–Crippen LogP) is 1.78. The number of Topliss-reactive ketones (excluding diaryl/α,β-unsaturated/α-hetero) is 1. The largest absolute Gasteiger partial charge is 0.374 e. The number of hydrogen-bond acceptors (Lipinski definition) is 6. The summed E-state index contributed by atoms with van der Waals surface area (Å²) in [4.78, 5) is 12.1. The van der Waals surface area contributed by atoms with Crippen LogP contribution in [0.2, 0.25) is 0 Å². The smallest absolute Gasteiger partial charge is 0.203 e. The average molecular weight is 279 g/mol. The molecule has 4 aliphatic rings. The van der Waals surface area contributed by atoms with E-state index >= 15 is 0 Å². The van der Waals surface area contributed by atoms with Gasteiger partial charge < -0.3 is 10.5 Å². The fraction of sp³-hybridized carbons (Fsp3) is 0.769. The molecule has 0 saturated heterocycles. The van der Waals surface area contributed by atoms with Crippen molar-refractivity contribution in [3.05, 3.63) is 5.01 Å². The van der Waals surface area contributed by atoms with Crippen LogP contribution in [-0.4, -0.2) is 21.6 Å². The fourth-order valence-corrected chi connectivity index (χ4v) is 4.91. The minimum absolute atomic E-state index is 0.0785. The molecule has 0 radical (unpaired) electrons. The number of ether oxygens (including phenoxy) is 1. The van der Waals surface area contributed by atoms with Crippen LogP contribution in [0.3, 0.4) is 0 Å². The number of hydrogen-bond donors (Lipinski definition) is 1. The van der Waals surface area contributed by atoms with E-state index in [1.807, 2.05) is 0 Å². The molecule has 19 heavy (non-hydrogen) atoms. The quantitative estimate of drug-likeness (QED) is 0.912. The van der Waals surface area contributed by atoms with Crippen LogP contribution in [0.15, 0.2) is 0 Å². The molecule has 4 fully saturated rings. The van der Waals surface area contributed by atoms with Gasteiger partial charge in [-0.1, -0.05) is 11.3 Å². The number of carbonyl (C=O) groups excluding carboxylic acids is 1. The van der Waals surface area contributed by atoms with E-state index in [-0.39, 0.29) is 17.4 Å². The van der Waals surface area contributed by atoms with Gasteiger partial charge in [-0.05, 0) is 38.0 Å². The molecule has 0 aliphatic heterocycles. The van der Waals surface area contributed by atoms with Gasteiger partial charge in [-0.3, -0.25) is 4.79 Å². The van der Waals surface area contributed by atoms with Gasteiger partial charge in [-0.15, -0.1) is 10.2 Å². The maximum Gasteiger partial charge on any atom is 0.203 e. The monoisotopic (exact) mass is 279 g/mol. The first-order valence-corrected chi connectivity index (χ1v) is 7.71. The zero-order valence-electron chi connectivity index (χ0n) is 10.7. The zero-order chi connectivity index (χ0) is 13.0. The molecule has 1 aromatic rings. The van der Waals surface area contributed by atoms with Crippen LogP contribution >= 0.6 is 11.3 Å². The van der Waals surface area contributed by atoms with Crippen molar-refractivity contribution in [2.24, 2.45) is 17.8 Å². The maximum absolute atomic E-state index is 12.1. The van der Waals surface area contributed by atoms with Crippen molar-refractivity contribution in [3.63, 3.8) is 0 Å². The second kappa shape index (κ2) is 3.99. The van der Waals surface area contributed by atoms with E-state index in [9.17, 15) is 4.79 Å². The first-order valence-electron chi connectivity index (χ1n) is 6.89. The van der Waals surface area contributed by atoms with E-state index in [2.05, 4.69) is 10.2 Å². The van der Waals surface area contributed by atoms with Crippen LogP contribution in [-0.2, 0) is 16.1 Å². The lowest BCUT2D eigenvalue weighted by molar-refractivity contribution is -0.179. The third-order valence-corrected chi connectivity index (χ3v) is 5.65. The van der Waals surface area contributed by atoms with Crippen LogP contribution < -0.4 is 5.73 Å². The first-order chi connectivity index (χ1) is 9.13. The van der Waals surface area contributed by atoms with Crippen molar-refractivity contribution < 1.29 is 9.53 Å². The molecule has 0 aromatic carbocycles. The molecule has 4 saturated carbocycles. The van der Waals surface area contributed by atoms with Gasteiger partial charge in [0.05, 0.1) is 5.60 Å². The Morgan fingerprint density at radius 2 is 2.00 bits per heavy atom. The van der Waals surface area contributed by atoms with Gasteiger partial charge in [-0.25, -0.2) is 0 Å². The number of nitrogen functional groups attached to an aromatic ring is 1. The van der Waals surface area contributed by atoms with Crippen molar-refractivity contribution in [1.82, 2.24) is 10.2 Å². The lowest BCUT2D eigenvalue weighted by Crippen LogP contribution is -2.56. The number of nitrogens with zero attached hydrogens (tertiary/aromatic N) is 2. The number of ketones is 1. The van der Waals surface area contributed by atoms with E-state index in [1.165, 1.54) is 11.3 Å². The van der Waals surface area contributed by atoms with E-state index in [0.717, 1.165) is 37.1 Å². The molecule has 102 valence electrons. The van der Waals surface area contributed by atoms with Gasteiger partial charge in [0.25, 0.3) is 0 Å². The Balaban J connectivity index is 1.50. The number of rotatable bonds is 3. The third-order valence-electron chi connectivity index (χ3n) is 4.92. The summed E-state index contributed by atoms with van der Waals surface area (Å²) in [5, 5.41) is 9.12. The molecule has 4 aliphatic carbocycles. The van der Waals surface area contributed by atoms with Crippen molar-refractivity contribution in [1.29, 1.82) is 0 Å². The van der Waals surface area contributed by atoms with Crippen molar-refractivity contribution in [3.8, 4) is 0 Å². The Morgan fingerprint density at radius 3 is 2.63 bits per heavy atom. The van der Waals surface area contributed by atoms with E-state index in [1.54, 1.807) is 0 Å². The lowest BCUT2D eigenvalue weighted by atomic mass is 9.53. The summed E-state index contributed by atoms with van der Waals surface area (Å²) in [7, 11) is 0. The number of anilines is 1. The Kier molecular flexibility index (Phi) is 2.48. The molecule has 5 nitrogen and oxygen atoms in total. The molecule has 2 N–H and O–H groups in total. The number of carbonyl (C=O) groups is 1. The van der Waals surface area contributed by atoms with E-state index in [4.69, 9.17) is 10.5 Å². The zero-order valence-corrected chi connectivity index (χ0v) is 11.5. The molecule has 1 heterocycles. The Morgan fingerprint density at radius 1 is 1.26 bits per heavy atom. The third kappa shape index (κ3) is 1.89. The van der Waals surface area contributed by atoms with E-state index in [0.29, 0.717) is 23.4 Å². The maximum atomic E-state index is 12.1. The summed E-state index contributed by atoms with van der Waals surface area (Å²) in [6, 6.07) is 0. The molecule has 1 aromatic heterocycles. The highest BCUT2D eigenvalue weighted by Crippen LogP contribution is 2.55. The average Bonchev–Trinajstić information content (AvgIpc) is 2.79. The fourth-order valence-electron chi connectivity index (χ4n) is 4.39. The minimum atomic E-state index is -0.0785. The second-order valence-electron chi connectivity index (χ2n) is 6.25. The Hall–Kier alpha value is -1.01. The molecule has 0 spiro atoms. The molecule has 2 unspecified atom stereocenters. The lowest BCUT2D eigenvalue weighted by Gasteiger charge is -2.55. The van der Waals surface area contributed by atoms with Crippen LogP contribution in [0.1, 0.15) is 37.1 Å². The minimum Gasteiger partial charge on any atom is -0.374 e. The van der Waals surface area contributed by atoms with Crippen molar-refractivity contribution in [2.45, 2.75) is 44.3 Å². The molecular formula is C13H17N3O2S. The van der Waals surface area contributed by atoms with Crippen molar-refractivity contribution >= 4 is 22.3 Å². The summed E-state index contributed by atoms with van der Waals surface area (Å²) >= 11 is 1.38. The van der Waals surface area contributed by atoms with Crippen LogP contribution in [0.5, 0.6) is 0 Å². The van der Waals surface area contributed by atoms with Gasteiger partial charge in [0, 0.05) is 11.8 Å². The van der Waals surface area contributed by atoms with Gasteiger partial charge in [0.1, 0.15) is 17.4 Å². The van der Waals surface area contributed by atoms with Crippen LogP contribution in [0.25, 0.3) is 0 Å². The first kappa shape index (κ1) is 11.8. The molecule has 4 bridgehead atoms. The van der Waals surface area contributed by atoms with Gasteiger partial charge in [0.2, 0.25) is 5.13 Å². The molecule has 2 atom stereocenters. The summed E-state index contributed by atoms with van der Waals surface area (Å²) in [6.45, 7) is 0.481.